The largest absolute Gasteiger partial charge is 0.349 e. The van der Waals surface area contributed by atoms with E-state index in [1.54, 1.807) is 11.3 Å². The van der Waals surface area contributed by atoms with Crippen molar-refractivity contribution in [3.05, 3.63) is 34.7 Å². The van der Waals surface area contributed by atoms with Crippen molar-refractivity contribution in [1.29, 1.82) is 0 Å². The average molecular weight is 259 g/mol. The Balaban J connectivity index is 1.88. The summed E-state index contributed by atoms with van der Waals surface area (Å²) in [5, 5.41) is 4.38. The molecule has 2 aromatic rings. The van der Waals surface area contributed by atoms with Crippen molar-refractivity contribution in [3.63, 3.8) is 0 Å². The van der Waals surface area contributed by atoms with Gasteiger partial charge in [0, 0.05) is 10.7 Å². The minimum atomic E-state index is 0.112. The number of amides is 1. The van der Waals surface area contributed by atoms with E-state index in [0.29, 0.717) is 6.04 Å². The second kappa shape index (κ2) is 4.73. The highest BCUT2D eigenvalue weighted by atomic mass is 32.1. The van der Waals surface area contributed by atoms with Crippen molar-refractivity contribution in [2.75, 3.05) is 0 Å². The lowest BCUT2D eigenvalue weighted by Crippen LogP contribution is -2.32. The fourth-order valence-corrected chi connectivity index (χ4v) is 3.82. The normalized spacial score (nSPS) is 16.3. The standard InChI is InChI=1S/C15H17NOS/c1-10-12-8-4-5-9-13(12)18-14(10)15(17)16-11-6-2-3-7-11/h4-5,8-9,11H,2-3,6-7H2,1H3,(H,16,17). The quantitative estimate of drug-likeness (QED) is 0.871. The van der Waals surface area contributed by atoms with Gasteiger partial charge in [0.05, 0.1) is 4.88 Å². The Morgan fingerprint density at radius 1 is 1.28 bits per heavy atom. The number of aryl methyl sites for hydroxylation is 1. The SMILES string of the molecule is Cc1c(C(=O)NC2CCCC2)sc2ccccc12. The predicted octanol–water partition coefficient (Wildman–Crippen LogP) is 3.88. The first kappa shape index (κ1) is 11.7. The first-order chi connectivity index (χ1) is 8.75. The second-order valence-electron chi connectivity index (χ2n) is 5.01. The van der Waals surface area contributed by atoms with Gasteiger partial charge in [-0.05, 0) is 36.8 Å². The summed E-state index contributed by atoms with van der Waals surface area (Å²) in [6.45, 7) is 2.04. The Morgan fingerprint density at radius 2 is 2.00 bits per heavy atom. The number of rotatable bonds is 2. The molecular formula is C15H17NOS. The summed E-state index contributed by atoms with van der Waals surface area (Å²) in [5.74, 6) is 0.112. The second-order valence-corrected chi connectivity index (χ2v) is 6.06. The van der Waals surface area contributed by atoms with Crippen LogP contribution in [0.5, 0.6) is 0 Å². The molecule has 3 heteroatoms. The lowest BCUT2D eigenvalue weighted by atomic mass is 10.1. The van der Waals surface area contributed by atoms with E-state index in [4.69, 9.17) is 0 Å². The van der Waals surface area contributed by atoms with Gasteiger partial charge in [-0.25, -0.2) is 0 Å². The van der Waals surface area contributed by atoms with Crippen molar-refractivity contribution in [3.8, 4) is 0 Å². The predicted molar refractivity (Wildman–Crippen MR) is 76.3 cm³/mol. The number of hydrogen-bond acceptors (Lipinski definition) is 2. The van der Waals surface area contributed by atoms with Crippen molar-refractivity contribution >= 4 is 27.3 Å². The topological polar surface area (TPSA) is 29.1 Å². The van der Waals surface area contributed by atoms with Gasteiger partial charge in [-0.15, -0.1) is 11.3 Å². The zero-order valence-electron chi connectivity index (χ0n) is 10.5. The van der Waals surface area contributed by atoms with Crippen LogP contribution in [0.1, 0.15) is 40.9 Å². The highest BCUT2D eigenvalue weighted by molar-refractivity contribution is 7.21. The van der Waals surface area contributed by atoms with E-state index in [1.807, 2.05) is 19.1 Å². The van der Waals surface area contributed by atoms with Gasteiger partial charge in [-0.3, -0.25) is 4.79 Å². The summed E-state index contributed by atoms with van der Waals surface area (Å²) in [6.07, 6.45) is 4.76. The third-order valence-electron chi connectivity index (χ3n) is 3.74. The number of carbonyl (C=O) groups excluding carboxylic acids is 1. The van der Waals surface area contributed by atoms with Crippen LogP contribution in [0.15, 0.2) is 24.3 Å². The summed E-state index contributed by atoms with van der Waals surface area (Å²) in [4.78, 5) is 13.2. The number of hydrogen-bond donors (Lipinski definition) is 1. The summed E-state index contributed by atoms with van der Waals surface area (Å²) >= 11 is 1.60. The summed E-state index contributed by atoms with van der Waals surface area (Å²) < 4.78 is 1.20. The maximum absolute atomic E-state index is 12.3. The minimum Gasteiger partial charge on any atom is -0.349 e. The van der Waals surface area contributed by atoms with Gasteiger partial charge < -0.3 is 5.32 Å². The molecule has 1 N–H and O–H groups in total. The molecule has 0 saturated heterocycles. The Morgan fingerprint density at radius 3 is 2.72 bits per heavy atom. The molecule has 1 aromatic heterocycles. The monoisotopic (exact) mass is 259 g/mol. The zero-order valence-corrected chi connectivity index (χ0v) is 11.3. The van der Waals surface area contributed by atoms with Gasteiger partial charge in [0.1, 0.15) is 0 Å². The zero-order chi connectivity index (χ0) is 12.5. The molecule has 94 valence electrons. The Bertz CT molecular complexity index is 581. The number of benzene rings is 1. The molecule has 0 atom stereocenters. The molecule has 0 aliphatic heterocycles. The molecule has 1 aliphatic rings. The highest BCUT2D eigenvalue weighted by Crippen LogP contribution is 2.30. The van der Waals surface area contributed by atoms with E-state index in [9.17, 15) is 4.79 Å². The lowest BCUT2D eigenvalue weighted by molar-refractivity contribution is 0.0941. The number of thiophene rings is 1. The van der Waals surface area contributed by atoms with Crippen LogP contribution >= 0.6 is 11.3 Å². The molecule has 0 bridgehead atoms. The molecule has 0 unspecified atom stereocenters. The van der Waals surface area contributed by atoms with E-state index in [0.717, 1.165) is 23.3 Å². The first-order valence-electron chi connectivity index (χ1n) is 6.54. The van der Waals surface area contributed by atoms with Crippen molar-refractivity contribution in [2.24, 2.45) is 0 Å². The average Bonchev–Trinajstić information content (AvgIpc) is 2.98. The molecule has 0 radical (unpaired) electrons. The van der Waals surface area contributed by atoms with Gasteiger partial charge in [-0.1, -0.05) is 31.0 Å². The van der Waals surface area contributed by atoms with Crippen LogP contribution in [0.2, 0.25) is 0 Å². The van der Waals surface area contributed by atoms with E-state index < -0.39 is 0 Å². The maximum Gasteiger partial charge on any atom is 0.261 e. The van der Waals surface area contributed by atoms with Crippen LogP contribution in [-0.4, -0.2) is 11.9 Å². The number of carbonyl (C=O) groups is 1. The molecule has 18 heavy (non-hydrogen) atoms. The fraction of sp³-hybridized carbons (Fsp3) is 0.400. The van der Waals surface area contributed by atoms with Crippen LogP contribution in [0, 0.1) is 6.92 Å². The molecule has 1 saturated carbocycles. The van der Waals surface area contributed by atoms with Gasteiger partial charge in [0.15, 0.2) is 0 Å². The summed E-state index contributed by atoms with van der Waals surface area (Å²) in [5.41, 5.74) is 1.12. The van der Waals surface area contributed by atoms with Gasteiger partial charge in [0.25, 0.3) is 5.91 Å². The smallest absolute Gasteiger partial charge is 0.261 e. The Labute approximate surface area is 111 Å². The van der Waals surface area contributed by atoms with Crippen LogP contribution in [-0.2, 0) is 0 Å². The van der Waals surface area contributed by atoms with Crippen LogP contribution < -0.4 is 5.32 Å². The minimum absolute atomic E-state index is 0.112. The lowest BCUT2D eigenvalue weighted by Gasteiger charge is -2.11. The highest BCUT2D eigenvalue weighted by Gasteiger charge is 2.20. The number of fused-ring (bicyclic) bond motifs is 1. The Hall–Kier alpha value is -1.35. The third-order valence-corrected chi connectivity index (χ3v) is 5.01. The van der Waals surface area contributed by atoms with Gasteiger partial charge in [-0.2, -0.15) is 0 Å². The van der Waals surface area contributed by atoms with Crippen LogP contribution in [0.4, 0.5) is 0 Å². The van der Waals surface area contributed by atoms with E-state index >= 15 is 0 Å². The van der Waals surface area contributed by atoms with Crippen molar-refractivity contribution in [1.82, 2.24) is 5.32 Å². The fourth-order valence-electron chi connectivity index (χ4n) is 2.71. The Kier molecular flexibility index (Phi) is 3.08. The maximum atomic E-state index is 12.3. The van der Waals surface area contributed by atoms with Crippen LogP contribution in [0.3, 0.4) is 0 Å². The molecule has 2 nitrogen and oxygen atoms in total. The summed E-state index contributed by atoms with van der Waals surface area (Å²) in [7, 11) is 0. The molecular weight excluding hydrogens is 242 g/mol. The third kappa shape index (κ3) is 2.03. The van der Waals surface area contributed by atoms with Gasteiger partial charge in [0.2, 0.25) is 0 Å². The molecule has 1 amide bonds. The van der Waals surface area contributed by atoms with Crippen LogP contribution in [0.25, 0.3) is 10.1 Å². The van der Waals surface area contributed by atoms with Crippen molar-refractivity contribution < 1.29 is 4.79 Å². The van der Waals surface area contributed by atoms with E-state index in [-0.39, 0.29) is 5.91 Å². The molecule has 3 rings (SSSR count). The molecule has 1 heterocycles. The molecule has 1 fully saturated rings. The molecule has 1 aromatic carbocycles. The molecule has 0 spiro atoms. The van der Waals surface area contributed by atoms with E-state index in [1.165, 1.54) is 22.9 Å². The molecule has 1 aliphatic carbocycles. The van der Waals surface area contributed by atoms with Gasteiger partial charge >= 0.3 is 0 Å². The summed E-state index contributed by atoms with van der Waals surface area (Å²) in [6, 6.07) is 8.62. The van der Waals surface area contributed by atoms with Crippen molar-refractivity contribution in [2.45, 2.75) is 38.6 Å². The number of nitrogens with one attached hydrogen (secondary N) is 1. The van der Waals surface area contributed by atoms with E-state index in [2.05, 4.69) is 17.4 Å². The first-order valence-corrected chi connectivity index (χ1v) is 7.36.